The maximum Gasteiger partial charge on any atom is 0.263 e. The van der Waals surface area contributed by atoms with Gasteiger partial charge in [0.1, 0.15) is 15.7 Å². The number of benzene rings is 1. The number of hydrogen-bond donors (Lipinski definition) is 1. The highest BCUT2D eigenvalue weighted by Crippen LogP contribution is 2.31. The molecule has 0 saturated carbocycles. The van der Waals surface area contributed by atoms with Gasteiger partial charge in [-0.05, 0) is 36.1 Å². The van der Waals surface area contributed by atoms with E-state index >= 15 is 0 Å². The molecular weight excluding hydrogens is 409 g/mol. The van der Waals surface area contributed by atoms with Gasteiger partial charge in [-0.2, -0.15) is 0 Å². The zero-order valence-electron chi connectivity index (χ0n) is 16.1. The van der Waals surface area contributed by atoms with Gasteiger partial charge in [-0.3, -0.25) is 9.69 Å². The Kier molecular flexibility index (Phi) is 6.34. The zero-order valence-corrected chi connectivity index (χ0v) is 17.7. The first-order valence-corrected chi connectivity index (χ1v) is 11.2. The van der Waals surface area contributed by atoms with Crippen LogP contribution in [0.3, 0.4) is 0 Å². The predicted molar refractivity (Wildman–Crippen MR) is 114 cm³/mol. The molecule has 1 aromatic carbocycles. The largest absolute Gasteiger partial charge is 0.379 e. The standard InChI is InChI=1S/C21H22FN3O2S2/c1-14-19(29-21(24-14)18-6-3-11-28-18)20(26)23-13-17(25-7-9-27-10-8-25)15-4-2-5-16(22)12-15/h2-6,11-12,17H,7-10,13H2,1H3,(H,23,26). The van der Waals surface area contributed by atoms with Gasteiger partial charge in [-0.15, -0.1) is 22.7 Å². The smallest absolute Gasteiger partial charge is 0.263 e. The molecule has 152 valence electrons. The Morgan fingerprint density at radius 2 is 2.14 bits per heavy atom. The van der Waals surface area contributed by atoms with E-state index in [-0.39, 0.29) is 17.8 Å². The lowest BCUT2D eigenvalue weighted by Gasteiger charge is -2.34. The van der Waals surface area contributed by atoms with E-state index in [0.29, 0.717) is 24.6 Å². The topological polar surface area (TPSA) is 54.5 Å². The molecule has 8 heteroatoms. The monoisotopic (exact) mass is 431 g/mol. The third-order valence-corrected chi connectivity index (χ3v) is 7.11. The molecule has 2 aromatic heterocycles. The zero-order chi connectivity index (χ0) is 20.2. The molecule has 1 saturated heterocycles. The number of amides is 1. The van der Waals surface area contributed by atoms with E-state index in [9.17, 15) is 9.18 Å². The molecule has 1 unspecified atom stereocenters. The second kappa shape index (κ2) is 9.13. The Bertz CT molecular complexity index is 968. The summed E-state index contributed by atoms with van der Waals surface area (Å²) in [5.41, 5.74) is 1.58. The Morgan fingerprint density at radius 1 is 1.31 bits per heavy atom. The number of nitrogens with one attached hydrogen (secondary N) is 1. The van der Waals surface area contributed by atoms with E-state index in [0.717, 1.165) is 34.2 Å². The summed E-state index contributed by atoms with van der Waals surface area (Å²) in [6, 6.07) is 10.5. The number of carbonyl (C=O) groups is 1. The van der Waals surface area contributed by atoms with Crippen molar-refractivity contribution in [1.82, 2.24) is 15.2 Å². The summed E-state index contributed by atoms with van der Waals surface area (Å²) >= 11 is 3.01. The van der Waals surface area contributed by atoms with E-state index < -0.39 is 0 Å². The van der Waals surface area contributed by atoms with Crippen LogP contribution in [0.2, 0.25) is 0 Å². The summed E-state index contributed by atoms with van der Waals surface area (Å²) in [5, 5.41) is 5.90. The number of aromatic nitrogens is 1. The van der Waals surface area contributed by atoms with E-state index in [1.165, 1.54) is 17.4 Å². The first-order chi connectivity index (χ1) is 14.1. The maximum atomic E-state index is 13.8. The van der Waals surface area contributed by atoms with Gasteiger partial charge in [0.25, 0.3) is 5.91 Å². The molecular formula is C21H22FN3O2S2. The lowest BCUT2D eigenvalue weighted by Crippen LogP contribution is -2.43. The van der Waals surface area contributed by atoms with Crippen molar-refractivity contribution in [3.05, 3.63) is 63.7 Å². The van der Waals surface area contributed by atoms with Crippen molar-refractivity contribution < 1.29 is 13.9 Å². The van der Waals surface area contributed by atoms with Gasteiger partial charge in [0.2, 0.25) is 0 Å². The van der Waals surface area contributed by atoms with E-state index in [1.807, 2.05) is 30.5 Å². The fraction of sp³-hybridized carbons (Fsp3) is 0.333. The molecule has 29 heavy (non-hydrogen) atoms. The summed E-state index contributed by atoms with van der Waals surface area (Å²) in [4.78, 5) is 21.3. The molecule has 1 amide bonds. The molecule has 0 aliphatic carbocycles. The highest BCUT2D eigenvalue weighted by Gasteiger charge is 2.25. The molecule has 5 nitrogen and oxygen atoms in total. The van der Waals surface area contributed by atoms with Crippen LogP contribution in [0.15, 0.2) is 41.8 Å². The Labute approximate surface area is 177 Å². The van der Waals surface area contributed by atoms with Crippen molar-refractivity contribution >= 4 is 28.6 Å². The van der Waals surface area contributed by atoms with E-state index in [2.05, 4.69) is 15.2 Å². The lowest BCUT2D eigenvalue weighted by atomic mass is 10.0. The molecule has 1 aliphatic rings. The van der Waals surface area contributed by atoms with Crippen LogP contribution in [0.4, 0.5) is 4.39 Å². The Hall–Kier alpha value is -2.13. The van der Waals surface area contributed by atoms with Gasteiger partial charge in [0, 0.05) is 19.6 Å². The Morgan fingerprint density at radius 3 is 2.86 bits per heavy atom. The molecule has 3 aromatic rings. The van der Waals surface area contributed by atoms with Crippen LogP contribution in [0, 0.1) is 12.7 Å². The number of thiophene rings is 1. The van der Waals surface area contributed by atoms with Crippen molar-refractivity contribution in [1.29, 1.82) is 0 Å². The molecule has 0 spiro atoms. The van der Waals surface area contributed by atoms with Crippen LogP contribution in [-0.4, -0.2) is 48.6 Å². The van der Waals surface area contributed by atoms with Gasteiger partial charge in [-0.25, -0.2) is 9.37 Å². The molecule has 0 radical (unpaired) electrons. The first kappa shape index (κ1) is 20.2. The van der Waals surface area contributed by atoms with Crippen molar-refractivity contribution in [2.24, 2.45) is 0 Å². The molecule has 1 N–H and O–H groups in total. The highest BCUT2D eigenvalue weighted by molar-refractivity contribution is 7.22. The SMILES string of the molecule is Cc1nc(-c2cccs2)sc1C(=O)NCC(c1cccc(F)c1)N1CCOCC1. The second-order valence-electron chi connectivity index (χ2n) is 6.84. The average molecular weight is 432 g/mol. The number of morpholine rings is 1. The third-order valence-electron chi connectivity index (χ3n) is 4.91. The number of ether oxygens (including phenoxy) is 1. The van der Waals surface area contributed by atoms with Crippen LogP contribution < -0.4 is 5.32 Å². The van der Waals surface area contributed by atoms with E-state index in [4.69, 9.17) is 4.74 Å². The number of aryl methyl sites for hydroxylation is 1. The number of halogens is 1. The van der Waals surface area contributed by atoms with Gasteiger partial charge in [0.15, 0.2) is 0 Å². The summed E-state index contributed by atoms with van der Waals surface area (Å²) in [5.74, 6) is -0.413. The van der Waals surface area contributed by atoms with Gasteiger partial charge >= 0.3 is 0 Å². The minimum atomic E-state index is -0.272. The molecule has 1 fully saturated rings. The molecule has 1 atom stereocenters. The van der Waals surface area contributed by atoms with Crippen molar-refractivity contribution in [3.8, 4) is 9.88 Å². The highest BCUT2D eigenvalue weighted by atomic mass is 32.1. The fourth-order valence-corrected chi connectivity index (χ4v) is 5.22. The van der Waals surface area contributed by atoms with Gasteiger partial charge in [0.05, 0.1) is 29.8 Å². The minimum absolute atomic E-state index is 0.108. The van der Waals surface area contributed by atoms with Crippen molar-refractivity contribution in [2.45, 2.75) is 13.0 Å². The van der Waals surface area contributed by atoms with E-state index in [1.54, 1.807) is 23.5 Å². The number of carbonyl (C=O) groups excluding carboxylic acids is 1. The predicted octanol–water partition coefficient (Wildman–Crippen LogP) is 4.12. The fourth-order valence-electron chi connectivity index (χ4n) is 3.44. The average Bonchev–Trinajstić information content (AvgIpc) is 3.39. The maximum absolute atomic E-state index is 13.8. The van der Waals surface area contributed by atoms with Gasteiger partial charge < -0.3 is 10.1 Å². The number of thiazole rings is 1. The minimum Gasteiger partial charge on any atom is -0.379 e. The molecule has 1 aliphatic heterocycles. The molecule has 3 heterocycles. The van der Waals surface area contributed by atoms with Crippen molar-refractivity contribution in [3.63, 3.8) is 0 Å². The van der Waals surface area contributed by atoms with Crippen molar-refractivity contribution in [2.75, 3.05) is 32.8 Å². The number of nitrogens with zero attached hydrogens (tertiary/aromatic N) is 2. The molecule has 4 rings (SSSR count). The third kappa shape index (κ3) is 4.72. The number of rotatable bonds is 6. The quantitative estimate of drug-likeness (QED) is 0.638. The van der Waals surface area contributed by atoms with Gasteiger partial charge in [-0.1, -0.05) is 18.2 Å². The van der Waals surface area contributed by atoms with Crippen LogP contribution in [0.1, 0.15) is 27.0 Å². The van der Waals surface area contributed by atoms with Crippen LogP contribution in [0.25, 0.3) is 9.88 Å². The summed E-state index contributed by atoms with van der Waals surface area (Å²) in [6.45, 7) is 5.02. The Balaban J connectivity index is 1.50. The van der Waals surface area contributed by atoms with Crippen LogP contribution in [-0.2, 0) is 4.74 Å². The first-order valence-electron chi connectivity index (χ1n) is 9.48. The number of hydrogen-bond acceptors (Lipinski definition) is 6. The summed E-state index contributed by atoms with van der Waals surface area (Å²) < 4.78 is 19.3. The summed E-state index contributed by atoms with van der Waals surface area (Å²) in [7, 11) is 0. The summed E-state index contributed by atoms with van der Waals surface area (Å²) in [6.07, 6.45) is 0. The second-order valence-corrected chi connectivity index (χ2v) is 8.79. The van der Waals surface area contributed by atoms with Crippen LogP contribution in [0.5, 0.6) is 0 Å². The molecule has 0 bridgehead atoms. The lowest BCUT2D eigenvalue weighted by molar-refractivity contribution is 0.0162. The van der Waals surface area contributed by atoms with Crippen LogP contribution >= 0.6 is 22.7 Å². The normalized spacial score (nSPS) is 15.9.